The second-order valence-corrected chi connectivity index (χ2v) is 6.48. The lowest BCUT2D eigenvalue weighted by Gasteiger charge is -2.07. The molecular weight excluding hydrogens is 340 g/mol. The molecule has 0 saturated carbocycles. The molecule has 2 aromatic carbocycles. The van der Waals surface area contributed by atoms with E-state index in [0.29, 0.717) is 25.9 Å². The number of aryl methyl sites for hydroxylation is 1. The monoisotopic (exact) mass is 362 g/mol. The fourth-order valence-electron chi connectivity index (χ4n) is 3.25. The van der Waals surface area contributed by atoms with Crippen molar-refractivity contribution in [1.82, 2.24) is 19.9 Å². The summed E-state index contributed by atoms with van der Waals surface area (Å²) < 4.78 is 7.34. The first-order chi connectivity index (χ1) is 13.2. The number of hydrogen-bond acceptors (Lipinski definition) is 3. The van der Waals surface area contributed by atoms with Gasteiger partial charge in [-0.15, -0.1) is 0 Å². The Labute approximate surface area is 157 Å². The van der Waals surface area contributed by atoms with Crippen molar-refractivity contribution in [2.24, 2.45) is 0 Å². The maximum atomic E-state index is 12.2. The summed E-state index contributed by atoms with van der Waals surface area (Å²) in [5.41, 5.74) is 3.08. The van der Waals surface area contributed by atoms with Crippen LogP contribution in [0, 0.1) is 0 Å². The van der Waals surface area contributed by atoms with Gasteiger partial charge in [-0.3, -0.25) is 4.79 Å². The zero-order valence-corrected chi connectivity index (χ0v) is 15.2. The molecule has 2 aromatic heterocycles. The first-order valence-corrected chi connectivity index (χ1v) is 9.06. The van der Waals surface area contributed by atoms with Crippen LogP contribution in [0.3, 0.4) is 0 Å². The van der Waals surface area contributed by atoms with Gasteiger partial charge in [0.1, 0.15) is 11.6 Å². The van der Waals surface area contributed by atoms with Gasteiger partial charge in [-0.25, -0.2) is 4.98 Å². The lowest BCUT2D eigenvalue weighted by Crippen LogP contribution is -2.26. The van der Waals surface area contributed by atoms with Crippen LogP contribution in [0.25, 0.3) is 21.9 Å². The molecule has 6 heteroatoms. The summed E-state index contributed by atoms with van der Waals surface area (Å²) in [6, 6.07) is 15.9. The molecule has 6 nitrogen and oxygen atoms in total. The van der Waals surface area contributed by atoms with Gasteiger partial charge < -0.3 is 19.6 Å². The highest BCUT2D eigenvalue weighted by atomic mass is 16.5. The summed E-state index contributed by atoms with van der Waals surface area (Å²) >= 11 is 0. The molecule has 4 aromatic rings. The zero-order valence-electron chi connectivity index (χ0n) is 15.2. The molecule has 0 saturated heterocycles. The average molecular weight is 362 g/mol. The summed E-state index contributed by atoms with van der Waals surface area (Å²) in [6.45, 7) is 1.22. The number of hydrogen-bond donors (Lipinski definition) is 2. The number of carbonyl (C=O) groups excluding carboxylic acids is 1. The molecular formula is C21H22N4O2. The number of fused-ring (bicyclic) bond motifs is 2. The second kappa shape index (κ2) is 7.53. The zero-order chi connectivity index (χ0) is 18.6. The predicted molar refractivity (Wildman–Crippen MR) is 106 cm³/mol. The molecule has 27 heavy (non-hydrogen) atoms. The van der Waals surface area contributed by atoms with Crippen molar-refractivity contribution < 1.29 is 9.53 Å². The van der Waals surface area contributed by atoms with Crippen LogP contribution >= 0.6 is 0 Å². The van der Waals surface area contributed by atoms with Gasteiger partial charge >= 0.3 is 0 Å². The third-order valence-corrected chi connectivity index (χ3v) is 4.68. The summed E-state index contributed by atoms with van der Waals surface area (Å²) in [6.07, 6.45) is 3.13. The second-order valence-electron chi connectivity index (χ2n) is 6.48. The van der Waals surface area contributed by atoms with Gasteiger partial charge in [0.15, 0.2) is 0 Å². The van der Waals surface area contributed by atoms with Crippen LogP contribution in [0.15, 0.2) is 54.7 Å². The highest BCUT2D eigenvalue weighted by Crippen LogP contribution is 2.22. The van der Waals surface area contributed by atoms with Crippen molar-refractivity contribution in [3.05, 3.63) is 60.6 Å². The van der Waals surface area contributed by atoms with E-state index in [1.807, 2.05) is 54.7 Å². The first-order valence-electron chi connectivity index (χ1n) is 9.06. The standard InChI is InChI=1S/C21H22N4O2/c1-27-16-6-7-19-15(14-16)9-12-25(19)13-10-21(26)22-11-8-20-23-17-4-2-3-5-18(17)24-20/h2-7,9,12,14H,8,10-11,13H2,1H3,(H,22,26)(H,23,24). The Kier molecular flexibility index (Phi) is 4.78. The van der Waals surface area contributed by atoms with Gasteiger partial charge in [0.2, 0.25) is 5.91 Å². The number of imidazole rings is 1. The van der Waals surface area contributed by atoms with Crippen molar-refractivity contribution in [3.63, 3.8) is 0 Å². The van der Waals surface area contributed by atoms with E-state index in [-0.39, 0.29) is 5.91 Å². The highest BCUT2D eigenvalue weighted by Gasteiger charge is 2.07. The van der Waals surface area contributed by atoms with Gasteiger partial charge in [-0.05, 0) is 36.4 Å². The number of amides is 1. The Morgan fingerprint density at radius 3 is 2.96 bits per heavy atom. The minimum Gasteiger partial charge on any atom is -0.497 e. The van der Waals surface area contributed by atoms with Crippen LogP contribution in [0.2, 0.25) is 0 Å². The Bertz CT molecular complexity index is 1050. The van der Waals surface area contributed by atoms with Crippen molar-refractivity contribution in [1.29, 1.82) is 0 Å². The predicted octanol–water partition coefficient (Wildman–Crippen LogP) is 3.28. The molecule has 0 aliphatic carbocycles. The van der Waals surface area contributed by atoms with E-state index in [1.165, 1.54) is 0 Å². The van der Waals surface area contributed by atoms with Gasteiger partial charge in [-0.2, -0.15) is 0 Å². The van der Waals surface area contributed by atoms with Gasteiger partial charge in [0, 0.05) is 43.0 Å². The molecule has 2 heterocycles. The fourth-order valence-corrected chi connectivity index (χ4v) is 3.25. The average Bonchev–Trinajstić information content (AvgIpc) is 3.29. The molecule has 0 atom stereocenters. The van der Waals surface area contributed by atoms with Crippen LogP contribution in [0.4, 0.5) is 0 Å². The van der Waals surface area contributed by atoms with Gasteiger partial charge in [0.05, 0.1) is 18.1 Å². The quantitative estimate of drug-likeness (QED) is 0.530. The summed E-state index contributed by atoms with van der Waals surface area (Å²) in [5.74, 6) is 1.77. The Balaban J connectivity index is 1.28. The highest BCUT2D eigenvalue weighted by molar-refractivity contribution is 5.82. The summed E-state index contributed by atoms with van der Waals surface area (Å²) in [5, 5.41) is 4.08. The molecule has 0 radical (unpaired) electrons. The van der Waals surface area contributed by atoms with E-state index in [0.717, 1.165) is 33.5 Å². The minimum absolute atomic E-state index is 0.0430. The molecule has 0 aliphatic heterocycles. The fraction of sp³-hybridized carbons (Fsp3) is 0.238. The number of nitrogens with zero attached hydrogens (tertiary/aromatic N) is 2. The maximum absolute atomic E-state index is 12.2. The number of aromatic nitrogens is 3. The molecule has 4 rings (SSSR count). The topological polar surface area (TPSA) is 71.9 Å². The largest absolute Gasteiger partial charge is 0.497 e. The number of aromatic amines is 1. The van der Waals surface area contributed by atoms with Crippen molar-refractivity contribution in [3.8, 4) is 5.75 Å². The number of H-pyrrole nitrogens is 1. The van der Waals surface area contributed by atoms with Crippen LogP contribution in [-0.2, 0) is 17.8 Å². The number of methoxy groups -OCH3 is 1. The first kappa shape index (κ1) is 17.1. The molecule has 1 amide bonds. The third-order valence-electron chi connectivity index (χ3n) is 4.68. The Morgan fingerprint density at radius 2 is 2.11 bits per heavy atom. The molecule has 0 bridgehead atoms. The normalized spacial score (nSPS) is 11.1. The molecule has 0 fully saturated rings. The maximum Gasteiger partial charge on any atom is 0.221 e. The summed E-state index contributed by atoms with van der Waals surface area (Å²) in [7, 11) is 1.66. The van der Waals surface area contributed by atoms with E-state index in [2.05, 4.69) is 19.9 Å². The van der Waals surface area contributed by atoms with Crippen molar-refractivity contribution in [2.45, 2.75) is 19.4 Å². The molecule has 138 valence electrons. The van der Waals surface area contributed by atoms with E-state index in [1.54, 1.807) is 7.11 Å². The van der Waals surface area contributed by atoms with Crippen LogP contribution in [-0.4, -0.2) is 34.1 Å². The van der Waals surface area contributed by atoms with Crippen molar-refractivity contribution >= 4 is 27.8 Å². The molecule has 0 aliphatic rings. The summed E-state index contributed by atoms with van der Waals surface area (Å²) in [4.78, 5) is 20.0. The smallest absolute Gasteiger partial charge is 0.221 e. The van der Waals surface area contributed by atoms with Crippen LogP contribution in [0.5, 0.6) is 5.75 Å². The minimum atomic E-state index is 0.0430. The van der Waals surface area contributed by atoms with Gasteiger partial charge in [0.25, 0.3) is 0 Å². The van der Waals surface area contributed by atoms with E-state index >= 15 is 0 Å². The van der Waals surface area contributed by atoms with E-state index < -0.39 is 0 Å². The number of nitrogens with one attached hydrogen (secondary N) is 2. The number of benzene rings is 2. The molecule has 0 unspecified atom stereocenters. The van der Waals surface area contributed by atoms with Gasteiger partial charge in [-0.1, -0.05) is 12.1 Å². The lowest BCUT2D eigenvalue weighted by atomic mass is 10.2. The van der Waals surface area contributed by atoms with Crippen LogP contribution < -0.4 is 10.1 Å². The Morgan fingerprint density at radius 1 is 1.22 bits per heavy atom. The SMILES string of the molecule is COc1ccc2c(ccn2CCC(=O)NCCc2nc3ccccc3[nH]2)c1. The lowest BCUT2D eigenvalue weighted by molar-refractivity contribution is -0.121. The Hall–Kier alpha value is -3.28. The number of ether oxygens (including phenoxy) is 1. The number of carbonyl (C=O) groups is 1. The number of rotatable bonds is 7. The third kappa shape index (κ3) is 3.79. The van der Waals surface area contributed by atoms with Crippen molar-refractivity contribution in [2.75, 3.05) is 13.7 Å². The molecule has 2 N–H and O–H groups in total. The van der Waals surface area contributed by atoms with E-state index in [9.17, 15) is 4.79 Å². The van der Waals surface area contributed by atoms with Crippen LogP contribution in [0.1, 0.15) is 12.2 Å². The molecule has 0 spiro atoms. The number of para-hydroxylation sites is 2. The van der Waals surface area contributed by atoms with E-state index in [4.69, 9.17) is 4.74 Å².